The molecule has 2 aliphatic heterocycles. The highest BCUT2D eigenvalue weighted by molar-refractivity contribution is 5.98. The highest BCUT2D eigenvalue weighted by atomic mass is 16.5. The Kier molecular flexibility index (Phi) is 6.86. The summed E-state index contributed by atoms with van der Waals surface area (Å²) in [5.41, 5.74) is 0.718. The van der Waals surface area contributed by atoms with E-state index in [0.717, 1.165) is 18.7 Å². The quantitative estimate of drug-likeness (QED) is 0.766. The second-order valence-electron chi connectivity index (χ2n) is 7.02. The molecule has 3 amide bonds. The van der Waals surface area contributed by atoms with E-state index < -0.39 is 0 Å². The van der Waals surface area contributed by atoms with Crippen LogP contribution in [0.1, 0.15) is 19.8 Å². The van der Waals surface area contributed by atoms with Crippen molar-refractivity contribution in [2.75, 3.05) is 57.3 Å². The summed E-state index contributed by atoms with van der Waals surface area (Å²) >= 11 is 0. The molecule has 0 saturated carbocycles. The number of nitrogens with one attached hydrogen (secondary N) is 1. The summed E-state index contributed by atoms with van der Waals surface area (Å²) in [6, 6.07) is 7.38. The van der Waals surface area contributed by atoms with E-state index in [1.165, 1.54) is 0 Å². The maximum atomic E-state index is 12.7. The van der Waals surface area contributed by atoms with E-state index in [9.17, 15) is 14.4 Å². The van der Waals surface area contributed by atoms with Crippen LogP contribution in [-0.2, 0) is 14.4 Å². The Labute approximate surface area is 165 Å². The first-order valence-electron chi connectivity index (χ1n) is 9.87. The number of hydrogen-bond acceptors (Lipinski definition) is 5. The minimum atomic E-state index is -0.129. The van der Waals surface area contributed by atoms with E-state index >= 15 is 0 Å². The van der Waals surface area contributed by atoms with Crippen LogP contribution in [0.15, 0.2) is 24.3 Å². The van der Waals surface area contributed by atoms with Crippen LogP contribution in [0.5, 0.6) is 5.75 Å². The maximum absolute atomic E-state index is 12.7. The predicted octanol–water partition coefficient (Wildman–Crippen LogP) is 0.473. The van der Waals surface area contributed by atoms with Gasteiger partial charge in [-0.2, -0.15) is 0 Å². The number of amides is 3. The molecule has 3 rings (SSSR count). The highest BCUT2D eigenvalue weighted by Gasteiger charge is 2.27. The molecule has 1 N–H and O–H groups in total. The highest BCUT2D eigenvalue weighted by Crippen LogP contribution is 2.31. The fourth-order valence-electron chi connectivity index (χ4n) is 3.60. The van der Waals surface area contributed by atoms with Crippen LogP contribution in [0.4, 0.5) is 5.69 Å². The van der Waals surface area contributed by atoms with Crippen LogP contribution >= 0.6 is 0 Å². The Morgan fingerprint density at radius 1 is 1.14 bits per heavy atom. The molecule has 1 aromatic rings. The monoisotopic (exact) mass is 388 g/mol. The van der Waals surface area contributed by atoms with Gasteiger partial charge in [0.05, 0.1) is 12.2 Å². The molecule has 0 spiro atoms. The predicted molar refractivity (Wildman–Crippen MR) is 105 cm³/mol. The summed E-state index contributed by atoms with van der Waals surface area (Å²) in [6.07, 6.45) is 1.11. The lowest BCUT2D eigenvalue weighted by Crippen LogP contribution is -2.42. The van der Waals surface area contributed by atoms with Gasteiger partial charge in [0.2, 0.25) is 11.8 Å². The molecule has 2 aliphatic rings. The number of fused-ring (bicyclic) bond motifs is 1. The van der Waals surface area contributed by atoms with Crippen molar-refractivity contribution < 1.29 is 19.1 Å². The van der Waals surface area contributed by atoms with Gasteiger partial charge in [0.1, 0.15) is 5.75 Å². The molecule has 0 unspecified atom stereocenters. The molecule has 0 aromatic heterocycles. The Morgan fingerprint density at radius 3 is 2.79 bits per heavy atom. The number of carbonyl (C=O) groups excluding carboxylic acids is 3. The largest absolute Gasteiger partial charge is 0.482 e. The van der Waals surface area contributed by atoms with Gasteiger partial charge in [-0.15, -0.1) is 0 Å². The van der Waals surface area contributed by atoms with Gasteiger partial charge in [0.15, 0.2) is 6.61 Å². The maximum Gasteiger partial charge on any atom is 0.265 e. The average molecular weight is 388 g/mol. The zero-order valence-electron chi connectivity index (χ0n) is 16.4. The fourth-order valence-corrected chi connectivity index (χ4v) is 3.60. The fraction of sp³-hybridized carbons (Fsp3) is 0.550. The summed E-state index contributed by atoms with van der Waals surface area (Å²) in [7, 11) is 0. The van der Waals surface area contributed by atoms with E-state index in [0.29, 0.717) is 45.0 Å². The van der Waals surface area contributed by atoms with Gasteiger partial charge in [0, 0.05) is 45.7 Å². The molecule has 1 fully saturated rings. The first-order chi connectivity index (χ1) is 13.6. The molecule has 2 heterocycles. The standard InChI is InChI=1S/C20H28N4O4/c1-2-21-18(25)14-22-9-5-10-23(13-12-22)19(26)8-11-24-16-6-3-4-7-17(16)28-15-20(24)27/h3-4,6-7H,2,5,8-15H2,1H3,(H,21,25). The molecular weight excluding hydrogens is 360 g/mol. The number of carbonyl (C=O) groups is 3. The third kappa shape index (κ3) is 5.01. The molecule has 1 aromatic carbocycles. The van der Waals surface area contributed by atoms with Gasteiger partial charge in [-0.05, 0) is 25.5 Å². The lowest BCUT2D eigenvalue weighted by atomic mass is 10.2. The van der Waals surface area contributed by atoms with E-state index in [1.807, 2.05) is 36.1 Å². The number of ether oxygens (including phenoxy) is 1. The van der Waals surface area contributed by atoms with Crippen molar-refractivity contribution in [3.8, 4) is 5.75 Å². The molecule has 8 heteroatoms. The first kappa shape index (κ1) is 20.1. The lowest BCUT2D eigenvalue weighted by Gasteiger charge is -2.30. The molecule has 0 radical (unpaired) electrons. The zero-order chi connectivity index (χ0) is 19.9. The normalized spacial score (nSPS) is 17.5. The molecule has 0 aliphatic carbocycles. The summed E-state index contributed by atoms with van der Waals surface area (Å²) in [6.45, 7) is 6.01. The van der Waals surface area contributed by atoms with Gasteiger partial charge >= 0.3 is 0 Å². The van der Waals surface area contributed by atoms with Gasteiger partial charge in [0.25, 0.3) is 5.91 Å². The van der Waals surface area contributed by atoms with Crippen molar-refractivity contribution in [3.05, 3.63) is 24.3 Å². The lowest BCUT2D eigenvalue weighted by molar-refractivity contribution is -0.131. The van der Waals surface area contributed by atoms with Gasteiger partial charge in [-0.3, -0.25) is 19.3 Å². The number of para-hydroxylation sites is 2. The molecule has 8 nitrogen and oxygen atoms in total. The van der Waals surface area contributed by atoms with Gasteiger partial charge < -0.3 is 19.9 Å². The van der Waals surface area contributed by atoms with Crippen LogP contribution < -0.4 is 15.0 Å². The molecule has 0 bridgehead atoms. The van der Waals surface area contributed by atoms with E-state index in [2.05, 4.69) is 10.2 Å². The van der Waals surface area contributed by atoms with E-state index in [4.69, 9.17) is 4.74 Å². The van der Waals surface area contributed by atoms with Crippen LogP contribution in [0.3, 0.4) is 0 Å². The van der Waals surface area contributed by atoms with Crippen molar-refractivity contribution in [2.45, 2.75) is 19.8 Å². The third-order valence-corrected chi connectivity index (χ3v) is 5.04. The van der Waals surface area contributed by atoms with Crippen molar-refractivity contribution in [2.24, 2.45) is 0 Å². The van der Waals surface area contributed by atoms with Gasteiger partial charge in [-0.25, -0.2) is 0 Å². The summed E-state index contributed by atoms with van der Waals surface area (Å²) in [5.74, 6) is 0.601. The van der Waals surface area contributed by atoms with Crippen molar-refractivity contribution >= 4 is 23.4 Å². The number of nitrogens with zero attached hydrogens (tertiary/aromatic N) is 3. The number of likely N-dealkylation sites (N-methyl/N-ethyl adjacent to an activating group) is 1. The molecule has 152 valence electrons. The number of hydrogen-bond donors (Lipinski definition) is 1. The molecule has 28 heavy (non-hydrogen) atoms. The Hall–Kier alpha value is -2.61. The van der Waals surface area contributed by atoms with Crippen LogP contribution in [-0.4, -0.2) is 79.9 Å². The van der Waals surface area contributed by atoms with Crippen LogP contribution in [0.2, 0.25) is 0 Å². The third-order valence-electron chi connectivity index (χ3n) is 5.04. The summed E-state index contributed by atoms with van der Waals surface area (Å²) in [4.78, 5) is 42.3. The van der Waals surface area contributed by atoms with E-state index in [-0.39, 0.29) is 30.7 Å². The average Bonchev–Trinajstić information content (AvgIpc) is 2.93. The molecule has 1 saturated heterocycles. The van der Waals surface area contributed by atoms with Crippen LogP contribution in [0.25, 0.3) is 0 Å². The van der Waals surface area contributed by atoms with Crippen LogP contribution in [0, 0.1) is 0 Å². The van der Waals surface area contributed by atoms with Gasteiger partial charge in [-0.1, -0.05) is 12.1 Å². The first-order valence-corrected chi connectivity index (χ1v) is 9.87. The minimum Gasteiger partial charge on any atom is -0.482 e. The SMILES string of the molecule is CCNC(=O)CN1CCCN(C(=O)CCN2C(=O)COc3ccccc32)CC1. The van der Waals surface area contributed by atoms with Crippen molar-refractivity contribution in [1.29, 1.82) is 0 Å². The number of benzene rings is 1. The smallest absolute Gasteiger partial charge is 0.265 e. The second kappa shape index (κ2) is 9.54. The summed E-state index contributed by atoms with van der Waals surface area (Å²) in [5, 5.41) is 2.81. The van der Waals surface area contributed by atoms with Crippen molar-refractivity contribution in [1.82, 2.24) is 15.1 Å². The number of rotatable bonds is 6. The topological polar surface area (TPSA) is 82.2 Å². The summed E-state index contributed by atoms with van der Waals surface area (Å²) < 4.78 is 5.44. The Morgan fingerprint density at radius 2 is 1.96 bits per heavy atom. The minimum absolute atomic E-state index is 0.00367. The van der Waals surface area contributed by atoms with E-state index in [1.54, 1.807) is 4.90 Å². The Balaban J connectivity index is 1.51. The molecular formula is C20H28N4O4. The Bertz CT molecular complexity index is 724. The molecule has 0 atom stereocenters. The number of anilines is 1. The van der Waals surface area contributed by atoms with Crippen molar-refractivity contribution in [3.63, 3.8) is 0 Å². The second-order valence-corrected chi connectivity index (χ2v) is 7.02. The zero-order valence-corrected chi connectivity index (χ0v) is 16.4.